The normalized spacial score (nSPS) is 14.1. The van der Waals surface area contributed by atoms with Crippen LogP contribution in [-0.2, 0) is 0 Å². The first-order valence-corrected chi connectivity index (χ1v) is 6.18. The van der Waals surface area contributed by atoms with Crippen molar-refractivity contribution in [2.45, 2.75) is 38.8 Å². The van der Waals surface area contributed by atoms with Crippen molar-refractivity contribution in [2.24, 2.45) is 0 Å². The maximum atomic E-state index is 5.15. The molecule has 1 aromatic rings. The molecule has 0 bridgehead atoms. The van der Waals surface area contributed by atoms with Crippen LogP contribution in [0.3, 0.4) is 0 Å². The number of benzene rings is 1. The number of methoxy groups -OCH3 is 1. The Kier molecular flexibility index (Phi) is 5.78. The van der Waals surface area contributed by atoms with Crippen molar-refractivity contribution in [2.75, 3.05) is 7.11 Å². The second kappa shape index (κ2) is 7.13. The third-order valence-corrected chi connectivity index (χ3v) is 2.95. The third-order valence-electron chi connectivity index (χ3n) is 2.95. The molecule has 1 unspecified atom stereocenters. The fourth-order valence-electron chi connectivity index (χ4n) is 1.87. The Balaban J connectivity index is 2.50. The van der Waals surface area contributed by atoms with Crippen LogP contribution in [0.1, 0.15) is 38.3 Å². The van der Waals surface area contributed by atoms with Crippen LogP contribution in [0.25, 0.3) is 0 Å². The average molecular weight is 233 g/mol. The molecular formula is C15H23NO. The van der Waals surface area contributed by atoms with Gasteiger partial charge in [-0.1, -0.05) is 18.2 Å². The number of allylic oxidation sites excluding steroid dienone is 1. The number of hydrogen-bond donors (Lipinski definition) is 1. The first-order chi connectivity index (χ1) is 8.17. The van der Waals surface area contributed by atoms with Gasteiger partial charge >= 0.3 is 0 Å². The van der Waals surface area contributed by atoms with Crippen LogP contribution in [0.5, 0.6) is 5.75 Å². The Hall–Kier alpha value is -1.28. The van der Waals surface area contributed by atoms with Crippen LogP contribution in [0.2, 0.25) is 0 Å². The summed E-state index contributed by atoms with van der Waals surface area (Å²) in [6.45, 7) is 8.15. The van der Waals surface area contributed by atoms with Gasteiger partial charge in [0.2, 0.25) is 0 Å². The molecule has 0 aliphatic rings. The highest BCUT2D eigenvalue weighted by Crippen LogP contribution is 2.18. The van der Waals surface area contributed by atoms with E-state index in [0.29, 0.717) is 12.1 Å². The molecule has 0 saturated carbocycles. The summed E-state index contributed by atoms with van der Waals surface area (Å²) in [5.74, 6) is 0.903. The highest BCUT2D eigenvalue weighted by molar-refractivity contribution is 5.28. The van der Waals surface area contributed by atoms with E-state index in [1.807, 2.05) is 18.2 Å². The van der Waals surface area contributed by atoms with E-state index in [-0.39, 0.29) is 0 Å². The second-order valence-corrected chi connectivity index (χ2v) is 4.43. The number of rotatable bonds is 7. The molecule has 2 atom stereocenters. The average Bonchev–Trinajstić information content (AvgIpc) is 2.36. The molecule has 1 N–H and O–H groups in total. The van der Waals surface area contributed by atoms with Gasteiger partial charge in [0.1, 0.15) is 5.75 Å². The van der Waals surface area contributed by atoms with E-state index in [1.165, 1.54) is 5.56 Å². The number of hydrogen-bond acceptors (Lipinski definition) is 2. The van der Waals surface area contributed by atoms with Crippen LogP contribution in [-0.4, -0.2) is 13.2 Å². The molecule has 0 fully saturated rings. The summed E-state index contributed by atoms with van der Waals surface area (Å²) in [6, 6.07) is 9.09. The molecule has 0 radical (unpaired) electrons. The summed E-state index contributed by atoms with van der Waals surface area (Å²) in [6.07, 6.45) is 4.16. The summed E-state index contributed by atoms with van der Waals surface area (Å²) in [7, 11) is 1.69. The van der Waals surface area contributed by atoms with Crippen LogP contribution < -0.4 is 10.1 Å². The van der Waals surface area contributed by atoms with Gasteiger partial charge in [-0.25, -0.2) is 0 Å². The lowest BCUT2D eigenvalue weighted by Gasteiger charge is -2.20. The Bertz CT molecular complexity index is 331. The largest absolute Gasteiger partial charge is 0.497 e. The lowest BCUT2D eigenvalue weighted by Crippen LogP contribution is -2.28. The molecular weight excluding hydrogens is 210 g/mol. The lowest BCUT2D eigenvalue weighted by molar-refractivity contribution is 0.414. The SMILES string of the molecule is C=CCCC(C)N[C@H](C)c1ccc(OC)cc1. The number of nitrogens with one attached hydrogen (secondary N) is 1. The van der Waals surface area contributed by atoms with Crippen molar-refractivity contribution in [3.8, 4) is 5.75 Å². The van der Waals surface area contributed by atoms with E-state index in [1.54, 1.807) is 7.11 Å². The van der Waals surface area contributed by atoms with Crippen molar-refractivity contribution in [1.82, 2.24) is 5.32 Å². The topological polar surface area (TPSA) is 21.3 Å². The minimum Gasteiger partial charge on any atom is -0.497 e. The van der Waals surface area contributed by atoms with Crippen molar-refractivity contribution in [1.29, 1.82) is 0 Å². The molecule has 0 saturated heterocycles. The van der Waals surface area contributed by atoms with Crippen molar-refractivity contribution >= 4 is 0 Å². The fraction of sp³-hybridized carbons (Fsp3) is 0.467. The number of ether oxygens (including phenoxy) is 1. The predicted molar refractivity (Wildman–Crippen MR) is 73.4 cm³/mol. The van der Waals surface area contributed by atoms with Gasteiger partial charge in [-0.15, -0.1) is 6.58 Å². The van der Waals surface area contributed by atoms with Crippen LogP contribution >= 0.6 is 0 Å². The molecule has 2 heteroatoms. The molecule has 0 spiro atoms. The highest BCUT2D eigenvalue weighted by Gasteiger charge is 2.08. The Morgan fingerprint density at radius 1 is 1.29 bits per heavy atom. The van der Waals surface area contributed by atoms with Crippen LogP contribution in [0.4, 0.5) is 0 Å². The smallest absolute Gasteiger partial charge is 0.118 e. The maximum absolute atomic E-state index is 5.15. The van der Waals surface area contributed by atoms with E-state index in [4.69, 9.17) is 4.74 Å². The molecule has 0 aromatic heterocycles. The van der Waals surface area contributed by atoms with Gasteiger partial charge in [0, 0.05) is 12.1 Å². The second-order valence-electron chi connectivity index (χ2n) is 4.43. The van der Waals surface area contributed by atoms with Gasteiger partial charge in [0.25, 0.3) is 0 Å². The highest BCUT2D eigenvalue weighted by atomic mass is 16.5. The molecule has 94 valence electrons. The summed E-state index contributed by atoms with van der Waals surface area (Å²) in [4.78, 5) is 0. The minimum atomic E-state index is 0.362. The van der Waals surface area contributed by atoms with Gasteiger partial charge in [0.05, 0.1) is 7.11 Å². The van der Waals surface area contributed by atoms with Crippen LogP contribution in [0, 0.1) is 0 Å². The summed E-state index contributed by atoms with van der Waals surface area (Å²) in [5.41, 5.74) is 1.29. The van der Waals surface area contributed by atoms with E-state index < -0.39 is 0 Å². The Labute approximate surface area is 105 Å². The van der Waals surface area contributed by atoms with Gasteiger partial charge in [-0.05, 0) is 44.4 Å². The summed E-state index contributed by atoms with van der Waals surface area (Å²) < 4.78 is 5.15. The Morgan fingerprint density at radius 3 is 2.47 bits per heavy atom. The first-order valence-electron chi connectivity index (χ1n) is 6.18. The predicted octanol–water partition coefficient (Wildman–Crippen LogP) is 3.70. The zero-order chi connectivity index (χ0) is 12.7. The van der Waals surface area contributed by atoms with Gasteiger partial charge in [-0.3, -0.25) is 0 Å². The van der Waals surface area contributed by atoms with E-state index >= 15 is 0 Å². The van der Waals surface area contributed by atoms with Crippen molar-refractivity contribution < 1.29 is 4.74 Å². The van der Waals surface area contributed by atoms with E-state index in [0.717, 1.165) is 18.6 Å². The standard InChI is InChI=1S/C15H23NO/c1-5-6-7-12(2)16-13(3)14-8-10-15(17-4)11-9-14/h5,8-13,16H,1,6-7H2,2-4H3/t12?,13-/m1/s1. The summed E-state index contributed by atoms with van der Waals surface area (Å²) >= 11 is 0. The molecule has 1 aromatic carbocycles. The summed E-state index contributed by atoms with van der Waals surface area (Å²) in [5, 5.41) is 3.58. The van der Waals surface area contributed by atoms with Gasteiger partial charge < -0.3 is 10.1 Å². The van der Waals surface area contributed by atoms with Gasteiger partial charge in [0.15, 0.2) is 0 Å². The van der Waals surface area contributed by atoms with E-state index in [9.17, 15) is 0 Å². The Morgan fingerprint density at radius 2 is 1.94 bits per heavy atom. The van der Waals surface area contributed by atoms with Crippen molar-refractivity contribution in [3.63, 3.8) is 0 Å². The first kappa shape index (κ1) is 13.8. The van der Waals surface area contributed by atoms with E-state index in [2.05, 4.69) is 37.9 Å². The zero-order valence-corrected chi connectivity index (χ0v) is 11.1. The fourth-order valence-corrected chi connectivity index (χ4v) is 1.87. The monoisotopic (exact) mass is 233 g/mol. The molecule has 0 amide bonds. The zero-order valence-electron chi connectivity index (χ0n) is 11.1. The molecule has 1 rings (SSSR count). The minimum absolute atomic E-state index is 0.362. The molecule has 0 aliphatic carbocycles. The quantitative estimate of drug-likeness (QED) is 0.725. The molecule has 0 aliphatic heterocycles. The lowest BCUT2D eigenvalue weighted by atomic mass is 10.1. The van der Waals surface area contributed by atoms with Crippen LogP contribution in [0.15, 0.2) is 36.9 Å². The molecule has 17 heavy (non-hydrogen) atoms. The van der Waals surface area contributed by atoms with Crippen molar-refractivity contribution in [3.05, 3.63) is 42.5 Å². The molecule has 0 heterocycles. The van der Waals surface area contributed by atoms with Gasteiger partial charge in [-0.2, -0.15) is 0 Å². The maximum Gasteiger partial charge on any atom is 0.118 e. The third kappa shape index (κ3) is 4.61. The molecule has 2 nitrogen and oxygen atoms in total.